The fourth-order valence-electron chi connectivity index (χ4n) is 9.56. The van der Waals surface area contributed by atoms with Crippen LogP contribution in [0.15, 0.2) is 36.5 Å². The van der Waals surface area contributed by atoms with Gasteiger partial charge in [-0.25, -0.2) is 4.57 Å². The first-order valence-corrected chi connectivity index (χ1v) is 33.8. The molecule has 2 N–H and O–H groups in total. The number of quaternary nitrogens is 1. The first-order valence-electron chi connectivity index (χ1n) is 32.3. The molecular weight excluding hydrogens is 952 g/mol. The number of phosphoric ester groups is 1. The highest BCUT2D eigenvalue weighted by molar-refractivity contribution is 7.47. The lowest BCUT2D eigenvalue weighted by Crippen LogP contribution is -2.47. The van der Waals surface area contributed by atoms with Crippen molar-refractivity contribution in [2.45, 2.75) is 328 Å². The van der Waals surface area contributed by atoms with Crippen molar-refractivity contribution in [2.24, 2.45) is 0 Å². The van der Waals surface area contributed by atoms with Crippen LogP contribution in [-0.2, 0) is 27.9 Å². The first kappa shape index (κ1) is 73.2. The third-order valence-corrected chi connectivity index (χ3v) is 15.6. The van der Waals surface area contributed by atoms with E-state index < -0.39 is 20.0 Å². The van der Waals surface area contributed by atoms with Crippen LogP contribution in [0.2, 0.25) is 0 Å². The Morgan fingerprint density at radius 1 is 0.467 bits per heavy atom. The largest absolute Gasteiger partial charge is 0.472 e. The van der Waals surface area contributed by atoms with E-state index in [4.69, 9.17) is 13.8 Å². The molecule has 0 bridgehead atoms. The number of unbranched alkanes of at least 4 members (excludes halogenated alkanes) is 39. The van der Waals surface area contributed by atoms with Gasteiger partial charge in [-0.15, -0.1) is 0 Å². The van der Waals surface area contributed by atoms with Crippen molar-refractivity contribution in [3.05, 3.63) is 36.5 Å². The first-order chi connectivity index (χ1) is 36.4. The molecule has 0 saturated heterocycles. The summed E-state index contributed by atoms with van der Waals surface area (Å²) >= 11 is 0. The normalized spacial score (nSPS) is 13.9. The summed E-state index contributed by atoms with van der Waals surface area (Å²) in [5.41, 5.74) is 0. The van der Waals surface area contributed by atoms with Crippen LogP contribution in [0.1, 0.15) is 316 Å². The second-order valence-electron chi connectivity index (χ2n) is 23.3. The number of nitrogens with one attached hydrogen (secondary N) is 1. The number of phosphoric acid groups is 1. The highest BCUT2D eigenvalue weighted by atomic mass is 31.2. The van der Waals surface area contributed by atoms with Gasteiger partial charge < -0.3 is 19.4 Å². The molecule has 9 nitrogen and oxygen atoms in total. The van der Waals surface area contributed by atoms with Crippen molar-refractivity contribution in [2.75, 3.05) is 40.9 Å². The SMILES string of the molecule is CCCCC/C=C\C/C=C\CCCCCCCCCCCCCCCC(=O)NC(COP(=O)(O)OCC[N+](C)(C)C)C(/C=C\CCCCCCCCCCC)OC(=O)CCCCCCCCCCCCCCCCC. The monoisotopic (exact) mass is 1080 g/mol. The summed E-state index contributed by atoms with van der Waals surface area (Å²) in [5, 5.41) is 3.06. The maximum atomic E-state index is 13.6. The summed E-state index contributed by atoms with van der Waals surface area (Å²) in [4.78, 5) is 37.7. The molecule has 0 saturated carbocycles. The average molecular weight is 1080 g/mol. The molecule has 0 aliphatic heterocycles. The molecular formula is C65H126N2O7P+. The minimum Gasteiger partial charge on any atom is -0.456 e. The Labute approximate surface area is 466 Å². The van der Waals surface area contributed by atoms with Gasteiger partial charge in [0.05, 0.1) is 33.8 Å². The van der Waals surface area contributed by atoms with E-state index in [-0.39, 0.29) is 25.1 Å². The van der Waals surface area contributed by atoms with Gasteiger partial charge >= 0.3 is 13.8 Å². The molecule has 1 amide bonds. The number of carbonyl (C=O) groups excluding carboxylic acids is 2. The van der Waals surface area contributed by atoms with Gasteiger partial charge in [0.15, 0.2) is 0 Å². The standard InChI is InChI=1S/C65H125N2O7P/c1-7-10-13-16-19-22-25-27-29-30-31-32-33-34-35-36-38-39-42-45-48-51-54-57-64(68)66-62(61-73-75(70,71)72-60-59-67(4,5)6)63(56-53-50-47-44-41-24-21-18-15-12-9-3)74-65(69)58-55-52-49-46-43-40-37-28-26-23-20-17-14-11-8-2/h19,22,27,29,53,56,62-63H,7-18,20-21,23-26,28,30-52,54-55,57-61H2,1-6H3,(H-,66,68,70,71)/p+1/b22-19-,29-27-,56-53-. The molecule has 0 rings (SSSR count). The fourth-order valence-corrected chi connectivity index (χ4v) is 10.3. The van der Waals surface area contributed by atoms with Crippen LogP contribution in [-0.4, -0.2) is 74.3 Å². The lowest BCUT2D eigenvalue weighted by molar-refractivity contribution is -0.870. The van der Waals surface area contributed by atoms with Crippen molar-refractivity contribution in [1.82, 2.24) is 5.32 Å². The van der Waals surface area contributed by atoms with Crippen molar-refractivity contribution in [3.8, 4) is 0 Å². The quantitative estimate of drug-likeness (QED) is 0.0205. The average Bonchev–Trinajstić information content (AvgIpc) is 3.37. The molecule has 75 heavy (non-hydrogen) atoms. The molecule has 0 aliphatic rings. The smallest absolute Gasteiger partial charge is 0.456 e. The van der Waals surface area contributed by atoms with Crippen molar-refractivity contribution >= 4 is 19.7 Å². The minimum atomic E-state index is -4.44. The molecule has 0 aromatic heterocycles. The Hall–Kier alpha value is -1.77. The third-order valence-electron chi connectivity index (χ3n) is 14.6. The Kier molecular flexibility index (Phi) is 54.2. The van der Waals surface area contributed by atoms with Gasteiger partial charge in [-0.3, -0.25) is 18.6 Å². The molecule has 0 aliphatic carbocycles. The Morgan fingerprint density at radius 3 is 1.23 bits per heavy atom. The number of carbonyl (C=O) groups is 2. The van der Waals surface area contributed by atoms with E-state index in [0.717, 1.165) is 64.2 Å². The van der Waals surface area contributed by atoms with E-state index in [1.165, 1.54) is 218 Å². The van der Waals surface area contributed by atoms with Crippen molar-refractivity contribution in [3.63, 3.8) is 0 Å². The number of rotatable bonds is 59. The number of likely N-dealkylation sites (N-methyl/N-ethyl adjacent to an activating group) is 1. The zero-order chi connectivity index (χ0) is 55.0. The number of hydrogen-bond acceptors (Lipinski definition) is 6. The van der Waals surface area contributed by atoms with Crippen LogP contribution < -0.4 is 5.32 Å². The molecule has 3 atom stereocenters. The second kappa shape index (κ2) is 55.5. The molecule has 0 fully saturated rings. The van der Waals surface area contributed by atoms with Crippen LogP contribution in [0.5, 0.6) is 0 Å². The van der Waals surface area contributed by atoms with Crippen LogP contribution >= 0.6 is 7.82 Å². The van der Waals surface area contributed by atoms with E-state index in [0.29, 0.717) is 23.9 Å². The Morgan fingerprint density at radius 2 is 0.813 bits per heavy atom. The number of hydrogen-bond donors (Lipinski definition) is 2. The lowest BCUT2D eigenvalue weighted by Gasteiger charge is -2.27. The maximum Gasteiger partial charge on any atom is 0.472 e. The van der Waals surface area contributed by atoms with Gasteiger partial charge in [-0.05, 0) is 63.9 Å². The van der Waals surface area contributed by atoms with E-state index in [9.17, 15) is 19.0 Å². The third kappa shape index (κ3) is 56.8. The number of esters is 1. The molecule has 10 heteroatoms. The van der Waals surface area contributed by atoms with E-state index in [2.05, 4.69) is 50.4 Å². The Balaban J connectivity index is 5.09. The molecule has 0 radical (unpaired) electrons. The number of ether oxygens (including phenoxy) is 1. The number of allylic oxidation sites excluding steroid dienone is 5. The predicted octanol–water partition coefficient (Wildman–Crippen LogP) is 19.9. The van der Waals surface area contributed by atoms with E-state index in [1.54, 1.807) is 0 Å². The summed E-state index contributed by atoms with van der Waals surface area (Å²) in [5.74, 6) is -0.491. The highest BCUT2D eigenvalue weighted by Gasteiger charge is 2.30. The van der Waals surface area contributed by atoms with Gasteiger partial charge in [0.25, 0.3) is 0 Å². The van der Waals surface area contributed by atoms with Gasteiger partial charge in [0.1, 0.15) is 19.3 Å². The minimum absolute atomic E-state index is 0.0428. The van der Waals surface area contributed by atoms with Gasteiger partial charge in [0.2, 0.25) is 5.91 Å². The van der Waals surface area contributed by atoms with E-state index >= 15 is 0 Å². The molecule has 3 unspecified atom stereocenters. The molecule has 0 spiro atoms. The number of amides is 1. The summed E-state index contributed by atoms with van der Waals surface area (Å²) in [6.45, 7) is 7.02. The van der Waals surface area contributed by atoms with Crippen LogP contribution in [0, 0.1) is 0 Å². The lowest BCUT2D eigenvalue weighted by atomic mass is 10.0. The van der Waals surface area contributed by atoms with Gasteiger partial charge in [-0.1, -0.05) is 276 Å². The summed E-state index contributed by atoms with van der Waals surface area (Å²) in [7, 11) is 1.51. The van der Waals surface area contributed by atoms with Crippen molar-refractivity contribution in [1.29, 1.82) is 0 Å². The van der Waals surface area contributed by atoms with Crippen LogP contribution in [0.3, 0.4) is 0 Å². The fraction of sp³-hybridized carbons (Fsp3) is 0.877. The summed E-state index contributed by atoms with van der Waals surface area (Å²) in [6.07, 6.45) is 67.1. The predicted molar refractivity (Wildman–Crippen MR) is 323 cm³/mol. The van der Waals surface area contributed by atoms with Crippen molar-refractivity contribution < 1.29 is 37.3 Å². The van der Waals surface area contributed by atoms with Crippen LogP contribution in [0.4, 0.5) is 0 Å². The molecule has 0 aromatic carbocycles. The number of nitrogens with zero attached hydrogens (tertiary/aromatic N) is 1. The zero-order valence-electron chi connectivity index (χ0n) is 50.6. The van der Waals surface area contributed by atoms with Gasteiger partial charge in [-0.2, -0.15) is 0 Å². The van der Waals surface area contributed by atoms with Gasteiger partial charge in [0, 0.05) is 12.8 Å². The maximum absolute atomic E-state index is 13.6. The molecule has 442 valence electrons. The molecule has 0 aromatic rings. The zero-order valence-corrected chi connectivity index (χ0v) is 51.5. The Bertz CT molecular complexity index is 1380. The second-order valence-corrected chi connectivity index (χ2v) is 24.7. The van der Waals surface area contributed by atoms with Crippen LogP contribution in [0.25, 0.3) is 0 Å². The summed E-state index contributed by atoms with van der Waals surface area (Å²) in [6, 6.07) is -0.844. The van der Waals surface area contributed by atoms with E-state index in [1.807, 2.05) is 33.3 Å². The highest BCUT2D eigenvalue weighted by Crippen LogP contribution is 2.43. The molecule has 0 heterocycles. The summed E-state index contributed by atoms with van der Waals surface area (Å²) < 4.78 is 30.7. The topological polar surface area (TPSA) is 111 Å².